The average molecular weight is 493 g/mol. The number of fused-ring (bicyclic) bond motifs is 1. The Balaban J connectivity index is 1.89. The molecule has 0 radical (unpaired) electrons. The van der Waals surface area contributed by atoms with Crippen molar-refractivity contribution in [3.63, 3.8) is 0 Å². The molecule has 0 aliphatic carbocycles. The fraction of sp³-hybridized carbons (Fsp3) is 0.200. The number of nitrogens with two attached hydrogens (primary N) is 1. The van der Waals surface area contributed by atoms with Gasteiger partial charge in [0.05, 0.1) is 41.7 Å². The van der Waals surface area contributed by atoms with Crippen molar-refractivity contribution in [2.45, 2.75) is 24.5 Å². The van der Waals surface area contributed by atoms with Crippen molar-refractivity contribution in [1.29, 1.82) is 5.26 Å². The number of nitrogens with one attached hydrogen (secondary N) is 1. The Morgan fingerprint density at radius 1 is 1.23 bits per heavy atom. The van der Waals surface area contributed by atoms with E-state index >= 15 is 0 Å². The Kier molecular flexibility index (Phi) is 6.62. The van der Waals surface area contributed by atoms with Crippen LogP contribution in [0.3, 0.4) is 0 Å². The molecule has 2 amide bonds. The standard InChI is InChI=1S/C25H21FN4O4S/c1-13-7-9-14(10-8-13)29-23(32)21-20(15-5-3-4-6-17(15)26)16(12-27)22(28)30-24(33)18(35-25(21)30)11-19(31)34-2/h3-10,18,20H,11,28H2,1-2H3,(H,29,32)/t18-,20+/m0/s1. The number of allylic oxidation sites excluding steroid dienone is 1. The minimum Gasteiger partial charge on any atom is -0.469 e. The van der Waals surface area contributed by atoms with Crippen LogP contribution in [0.1, 0.15) is 23.5 Å². The molecule has 3 N–H and O–H groups in total. The van der Waals surface area contributed by atoms with Gasteiger partial charge in [-0.05, 0) is 25.1 Å². The summed E-state index contributed by atoms with van der Waals surface area (Å²) in [6.45, 7) is 1.90. The van der Waals surface area contributed by atoms with Gasteiger partial charge < -0.3 is 15.8 Å². The Morgan fingerprint density at radius 3 is 2.54 bits per heavy atom. The van der Waals surface area contributed by atoms with Gasteiger partial charge in [-0.1, -0.05) is 47.7 Å². The first-order chi connectivity index (χ1) is 16.8. The third-order valence-corrected chi connectivity index (χ3v) is 7.03. The normalized spacial score (nSPS) is 19.4. The molecule has 35 heavy (non-hydrogen) atoms. The van der Waals surface area contributed by atoms with Crippen LogP contribution in [-0.2, 0) is 19.1 Å². The van der Waals surface area contributed by atoms with Crippen LogP contribution in [0.4, 0.5) is 10.1 Å². The first kappa shape index (κ1) is 24.0. The molecule has 0 saturated carbocycles. The second-order valence-corrected chi connectivity index (χ2v) is 9.16. The molecular weight excluding hydrogens is 471 g/mol. The molecule has 1 saturated heterocycles. The zero-order valence-electron chi connectivity index (χ0n) is 18.9. The number of anilines is 1. The van der Waals surface area contributed by atoms with Crippen LogP contribution >= 0.6 is 11.8 Å². The largest absolute Gasteiger partial charge is 0.469 e. The number of aryl methyl sites for hydroxylation is 1. The van der Waals surface area contributed by atoms with Gasteiger partial charge in [-0.15, -0.1) is 0 Å². The molecule has 2 aliphatic heterocycles. The highest BCUT2D eigenvalue weighted by Crippen LogP contribution is 2.50. The van der Waals surface area contributed by atoms with Crippen molar-refractivity contribution in [2.75, 3.05) is 12.4 Å². The maximum Gasteiger partial charge on any atom is 0.307 e. The Morgan fingerprint density at radius 2 is 1.91 bits per heavy atom. The summed E-state index contributed by atoms with van der Waals surface area (Å²) in [7, 11) is 1.20. The summed E-state index contributed by atoms with van der Waals surface area (Å²) in [6, 6.07) is 14.8. The number of rotatable bonds is 5. The Labute approximate surface area is 205 Å². The number of nitriles is 1. The van der Waals surface area contributed by atoms with E-state index < -0.39 is 34.8 Å². The molecule has 2 heterocycles. The van der Waals surface area contributed by atoms with Crippen molar-refractivity contribution < 1.29 is 23.5 Å². The molecule has 8 nitrogen and oxygen atoms in total. The van der Waals surface area contributed by atoms with E-state index in [1.165, 1.54) is 25.3 Å². The van der Waals surface area contributed by atoms with Crippen molar-refractivity contribution in [3.05, 3.63) is 87.5 Å². The van der Waals surface area contributed by atoms with Gasteiger partial charge in [-0.2, -0.15) is 5.26 Å². The molecule has 0 unspecified atom stereocenters. The lowest BCUT2D eigenvalue weighted by molar-refractivity contribution is -0.142. The fourth-order valence-electron chi connectivity index (χ4n) is 4.00. The first-order valence-electron chi connectivity index (χ1n) is 10.6. The molecule has 2 aromatic rings. The molecule has 2 atom stereocenters. The monoisotopic (exact) mass is 492 g/mol. The number of methoxy groups -OCH3 is 1. The number of hydrogen-bond donors (Lipinski definition) is 2. The summed E-state index contributed by atoms with van der Waals surface area (Å²) in [5.41, 5.74) is 7.64. The molecule has 4 rings (SSSR count). The van der Waals surface area contributed by atoms with E-state index in [4.69, 9.17) is 5.73 Å². The molecule has 0 bridgehead atoms. The lowest BCUT2D eigenvalue weighted by Gasteiger charge is -2.32. The first-order valence-corrected chi connectivity index (χ1v) is 11.5. The number of esters is 1. The van der Waals surface area contributed by atoms with E-state index in [0.717, 1.165) is 22.2 Å². The van der Waals surface area contributed by atoms with Crippen LogP contribution in [-0.4, -0.2) is 35.0 Å². The highest BCUT2D eigenvalue weighted by molar-refractivity contribution is 8.04. The van der Waals surface area contributed by atoms with Crippen LogP contribution in [0.5, 0.6) is 0 Å². The minimum absolute atomic E-state index is 0.00728. The summed E-state index contributed by atoms with van der Waals surface area (Å²) in [5.74, 6) is -3.79. The minimum atomic E-state index is -1.16. The molecule has 0 aromatic heterocycles. The number of thioether (sulfide) groups is 1. The van der Waals surface area contributed by atoms with Crippen LogP contribution in [0.25, 0.3) is 0 Å². The lowest BCUT2D eigenvalue weighted by atomic mass is 9.82. The van der Waals surface area contributed by atoms with Gasteiger partial charge in [0.25, 0.3) is 5.91 Å². The third-order valence-electron chi connectivity index (χ3n) is 5.75. The highest BCUT2D eigenvalue weighted by atomic mass is 32.2. The Hall–Kier alpha value is -4.10. The van der Waals surface area contributed by atoms with Crippen LogP contribution in [0.2, 0.25) is 0 Å². The van der Waals surface area contributed by atoms with Gasteiger partial charge in [0.1, 0.15) is 16.9 Å². The summed E-state index contributed by atoms with van der Waals surface area (Å²) < 4.78 is 19.6. The van der Waals surface area contributed by atoms with Crippen LogP contribution in [0.15, 0.2) is 70.5 Å². The number of carbonyl (C=O) groups is 3. The van der Waals surface area contributed by atoms with Gasteiger partial charge in [-0.25, -0.2) is 4.39 Å². The van der Waals surface area contributed by atoms with Gasteiger partial charge in [0.15, 0.2) is 0 Å². The molecular formula is C25H21FN4O4S. The fourth-order valence-corrected chi connectivity index (χ4v) is 5.33. The predicted molar refractivity (Wildman–Crippen MR) is 128 cm³/mol. The second kappa shape index (κ2) is 9.64. The van der Waals surface area contributed by atoms with Gasteiger partial charge >= 0.3 is 5.97 Å². The van der Waals surface area contributed by atoms with Crippen LogP contribution in [0, 0.1) is 24.1 Å². The number of nitrogens with zero attached hydrogens (tertiary/aromatic N) is 2. The van der Waals surface area contributed by atoms with Gasteiger partial charge in [0, 0.05) is 11.3 Å². The molecule has 0 spiro atoms. The number of carbonyl (C=O) groups excluding carboxylic acids is 3. The number of hydrogen-bond acceptors (Lipinski definition) is 7. The van der Waals surface area contributed by atoms with E-state index in [0.29, 0.717) is 5.69 Å². The summed E-state index contributed by atoms with van der Waals surface area (Å²) in [6.07, 6.45) is -0.258. The van der Waals surface area contributed by atoms with Crippen molar-refractivity contribution >= 4 is 35.2 Å². The topological polar surface area (TPSA) is 126 Å². The quantitative estimate of drug-likeness (QED) is 0.614. The zero-order valence-corrected chi connectivity index (χ0v) is 19.7. The third kappa shape index (κ3) is 4.38. The molecule has 178 valence electrons. The smallest absolute Gasteiger partial charge is 0.307 e. The highest BCUT2D eigenvalue weighted by Gasteiger charge is 2.49. The second-order valence-electron chi connectivity index (χ2n) is 7.96. The van der Waals surface area contributed by atoms with E-state index in [2.05, 4.69) is 10.1 Å². The molecule has 2 aromatic carbocycles. The van der Waals surface area contributed by atoms with Gasteiger partial charge in [-0.3, -0.25) is 19.3 Å². The summed E-state index contributed by atoms with van der Waals surface area (Å²) in [4.78, 5) is 39.8. The van der Waals surface area contributed by atoms with E-state index in [1.54, 1.807) is 18.2 Å². The molecule has 10 heteroatoms. The number of benzene rings is 2. The predicted octanol–water partition coefficient (Wildman–Crippen LogP) is 3.28. The zero-order chi connectivity index (χ0) is 25.3. The van der Waals surface area contributed by atoms with Gasteiger partial charge in [0.2, 0.25) is 5.91 Å². The molecule has 1 fully saturated rings. The number of ether oxygens (including phenoxy) is 1. The number of amides is 2. The maximum absolute atomic E-state index is 15.0. The number of halogens is 1. The SMILES string of the molecule is COC(=O)C[C@@H]1SC2=C(C(=O)Nc3ccc(C)cc3)[C@H](c3ccccc3F)C(C#N)=C(N)N2C1=O. The van der Waals surface area contributed by atoms with E-state index in [9.17, 15) is 24.0 Å². The lowest BCUT2D eigenvalue weighted by Crippen LogP contribution is -2.39. The summed E-state index contributed by atoms with van der Waals surface area (Å²) >= 11 is 0.965. The maximum atomic E-state index is 15.0. The van der Waals surface area contributed by atoms with E-state index in [-0.39, 0.29) is 34.0 Å². The van der Waals surface area contributed by atoms with Crippen molar-refractivity contribution in [2.24, 2.45) is 5.73 Å². The average Bonchev–Trinajstić information content (AvgIpc) is 3.16. The molecule has 2 aliphatic rings. The van der Waals surface area contributed by atoms with Crippen molar-refractivity contribution in [3.8, 4) is 6.07 Å². The van der Waals surface area contributed by atoms with E-state index in [1.807, 2.05) is 25.1 Å². The van der Waals surface area contributed by atoms with Crippen molar-refractivity contribution in [1.82, 2.24) is 4.90 Å². The summed E-state index contributed by atoms with van der Waals surface area (Å²) in [5, 5.41) is 12.0. The van der Waals surface area contributed by atoms with Crippen LogP contribution < -0.4 is 11.1 Å². The Bertz CT molecular complexity index is 1330.